The van der Waals surface area contributed by atoms with Gasteiger partial charge in [-0.15, -0.1) is 0 Å². The lowest BCUT2D eigenvalue weighted by atomic mass is 10.2. The number of ether oxygens (including phenoxy) is 1. The monoisotopic (exact) mass is 236 g/mol. The van der Waals surface area contributed by atoms with E-state index in [2.05, 4.69) is 31.1 Å². The van der Waals surface area contributed by atoms with Crippen LogP contribution in [0, 0.1) is 5.92 Å². The molecule has 0 radical (unpaired) electrons. The minimum Gasteiger partial charge on any atom is -0.478 e. The summed E-state index contributed by atoms with van der Waals surface area (Å²) in [7, 11) is 0. The van der Waals surface area contributed by atoms with Crippen LogP contribution in [0.15, 0.2) is 18.2 Å². The molecule has 1 heterocycles. The summed E-state index contributed by atoms with van der Waals surface area (Å²) in [6, 6.07) is 5.95. The van der Waals surface area contributed by atoms with Crippen molar-refractivity contribution >= 4 is 0 Å². The average Bonchev–Trinajstić information content (AvgIpc) is 2.29. The lowest BCUT2D eigenvalue weighted by molar-refractivity contribution is 0.296. The van der Waals surface area contributed by atoms with E-state index in [1.165, 1.54) is 0 Å². The Balaban J connectivity index is 2.37. The van der Waals surface area contributed by atoms with Gasteiger partial charge in [-0.3, -0.25) is 0 Å². The molecule has 0 aromatic carbocycles. The van der Waals surface area contributed by atoms with Gasteiger partial charge in [-0.25, -0.2) is 4.98 Å². The van der Waals surface area contributed by atoms with E-state index in [0.29, 0.717) is 5.92 Å². The van der Waals surface area contributed by atoms with E-state index in [4.69, 9.17) is 4.74 Å². The van der Waals surface area contributed by atoms with Crippen molar-refractivity contribution in [2.24, 2.45) is 5.92 Å². The predicted molar refractivity (Wildman–Crippen MR) is 71.2 cm³/mol. The molecule has 0 saturated carbocycles. The zero-order chi connectivity index (χ0) is 12.5. The summed E-state index contributed by atoms with van der Waals surface area (Å²) in [6.45, 7) is 9.14. The van der Waals surface area contributed by atoms with Crippen LogP contribution in [-0.4, -0.2) is 18.1 Å². The van der Waals surface area contributed by atoms with E-state index in [0.717, 1.165) is 44.1 Å². The van der Waals surface area contributed by atoms with Crippen molar-refractivity contribution in [2.75, 3.05) is 13.2 Å². The van der Waals surface area contributed by atoms with E-state index in [9.17, 15) is 0 Å². The van der Waals surface area contributed by atoms with Gasteiger partial charge in [-0.2, -0.15) is 0 Å². The second kappa shape index (κ2) is 8.07. The van der Waals surface area contributed by atoms with Crippen LogP contribution in [0.5, 0.6) is 5.88 Å². The lowest BCUT2D eigenvalue weighted by Gasteiger charge is -2.08. The highest BCUT2D eigenvalue weighted by atomic mass is 16.5. The maximum atomic E-state index is 5.58. The topological polar surface area (TPSA) is 34.1 Å². The minimum atomic E-state index is 0.666. The van der Waals surface area contributed by atoms with Gasteiger partial charge < -0.3 is 10.1 Å². The van der Waals surface area contributed by atoms with Crippen molar-refractivity contribution in [3.8, 4) is 5.88 Å². The molecule has 96 valence electrons. The first-order chi connectivity index (χ1) is 8.22. The quantitative estimate of drug-likeness (QED) is 0.705. The zero-order valence-corrected chi connectivity index (χ0v) is 11.2. The molecule has 0 saturated heterocycles. The second-order valence-corrected chi connectivity index (χ2v) is 4.69. The normalized spacial score (nSPS) is 10.8. The summed E-state index contributed by atoms with van der Waals surface area (Å²) >= 11 is 0. The van der Waals surface area contributed by atoms with Crippen molar-refractivity contribution < 1.29 is 4.74 Å². The molecule has 0 amide bonds. The number of rotatable bonds is 8. The molecular weight excluding hydrogens is 212 g/mol. The molecule has 3 nitrogen and oxygen atoms in total. The summed E-state index contributed by atoms with van der Waals surface area (Å²) in [6.07, 6.45) is 2.23. The highest BCUT2D eigenvalue weighted by Crippen LogP contribution is 2.08. The average molecular weight is 236 g/mol. The number of nitrogens with zero attached hydrogens (tertiary/aromatic N) is 1. The number of unbranched alkanes of at least 4 members (excludes halogenated alkanes) is 1. The molecule has 0 bridgehead atoms. The van der Waals surface area contributed by atoms with Crippen LogP contribution in [0.2, 0.25) is 0 Å². The third kappa shape index (κ3) is 6.27. The van der Waals surface area contributed by atoms with Crippen molar-refractivity contribution in [3.63, 3.8) is 0 Å². The number of hydrogen-bond donors (Lipinski definition) is 1. The van der Waals surface area contributed by atoms with Gasteiger partial charge >= 0.3 is 0 Å². The maximum Gasteiger partial charge on any atom is 0.213 e. The first kappa shape index (κ1) is 14.0. The molecule has 0 atom stereocenters. The third-order valence-electron chi connectivity index (χ3n) is 2.39. The van der Waals surface area contributed by atoms with Crippen molar-refractivity contribution in [3.05, 3.63) is 23.9 Å². The summed E-state index contributed by atoms with van der Waals surface area (Å²) in [5, 5.41) is 3.38. The molecule has 1 N–H and O–H groups in total. The van der Waals surface area contributed by atoms with Gasteiger partial charge in [0.2, 0.25) is 5.88 Å². The smallest absolute Gasteiger partial charge is 0.213 e. The van der Waals surface area contributed by atoms with Gasteiger partial charge in [-0.05, 0) is 24.9 Å². The van der Waals surface area contributed by atoms with Crippen LogP contribution < -0.4 is 10.1 Å². The van der Waals surface area contributed by atoms with Gasteiger partial charge in [0.15, 0.2) is 0 Å². The highest BCUT2D eigenvalue weighted by Gasteiger charge is 1.99. The molecule has 1 aromatic rings. The van der Waals surface area contributed by atoms with E-state index in [1.54, 1.807) is 0 Å². The van der Waals surface area contributed by atoms with Crippen molar-refractivity contribution in [1.29, 1.82) is 0 Å². The molecule has 0 spiro atoms. The van der Waals surface area contributed by atoms with Gasteiger partial charge in [0.25, 0.3) is 0 Å². The Morgan fingerprint density at radius 3 is 2.88 bits per heavy atom. The summed E-state index contributed by atoms with van der Waals surface area (Å²) < 4.78 is 5.58. The van der Waals surface area contributed by atoms with E-state index in [-0.39, 0.29) is 0 Å². The van der Waals surface area contributed by atoms with Crippen LogP contribution in [0.3, 0.4) is 0 Å². The molecule has 0 aliphatic rings. The van der Waals surface area contributed by atoms with Crippen LogP contribution in [0.1, 0.15) is 39.3 Å². The Morgan fingerprint density at radius 2 is 2.18 bits per heavy atom. The third-order valence-corrected chi connectivity index (χ3v) is 2.39. The number of aromatic nitrogens is 1. The van der Waals surface area contributed by atoms with Crippen LogP contribution >= 0.6 is 0 Å². The molecule has 3 heteroatoms. The van der Waals surface area contributed by atoms with E-state index >= 15 is 0 Å². The largest absolute Gasteiger partial charge is 0.478 e. The fourth-order valence-electron chi connectivity index (χ4n) is 1.45. The standard InChI is InChI=1S/C14H24N2O/c1-4-5-9-17-14-8-6-7-13(16-14)11-15-10-12(2)3/h6-8,12,15H,4-5,9-11H2,1-3H3. The summed E-state index contributed by atoms with van der Waals surface area (Å²) in [5.74, 6) is 1.40. The van der Waals surface area contributed by atoms with Crippen molar-refractivity contribution in [1.82, 2.24) is 10.3 Å². The first-order valence-corrected chi connectivity index (χ1v) is 6.51. The molecule has 17 heavy (non-hydrogen) atoms. The molecular formula is C14H24N2O. The van der Waals surface area contributed by atoms with Gasteiger partial charge in [0, 0.05) is 12.6 Å². The van der Waals surface area contributed by atoms with Crippen molar-refractivity contribution in [2.45, 2.75) is 40.2 Å². The molecule has 0 fully saturated rings. The molecule has 0 aliphatic carbocycles. The van der Waals surface area contributed by atoms with E-state index < -0.39 is 0 Å². The maximum absolute atomic E-state index is 5.58. The molecule has 0 aliphatic heterocycles. The summed E-state index contributed by atoms with van der Waals surface area (Å²) in [4.78, 5) is 4.46. The fourth-order valence-corrected chi connectivity index (χ4v) is 1.45. The van der Waals surface area contributed by atoms with E-state index in [1.807, 2.05) is 18.2 Å². The lowest BCUT2D eigenvalue weighted by Crippen LogP contribution is -2.19. The minimum absolute atomic E-state index is 0.666. The number of hydrogen-bond acceptors (Lipinski definition) is 3. The Morgan fingerprint density at radius 1 is 1.35 bits per heavy atom. The number of pyridine rings is 1. The van der Waals surface area contributed by atoms with Crippen LogP contribution in [0.4, 0.5) is 0 Å². The summed E-state index contributed by atoms with van der Waals surface area (Å²) in [5.41, 5.74) is 1.04. The Labute approximate surface area is 105 Å². The fraction of sp³-hybridized carbons (Fsp3) is 0.643. The van der Waals surface area contributed by atoms with Gasteiger partial charge in [0.1, 0.15) is 0 Å². The zero-order valence-electron chi connectivity index (χ0n) is 11.2. The second-order valence-electron chi connectivity index (χ2n) is 4.69. The van der Waals surface area contributed by atoms with Crippen LogP contribution in [-0.2, 0) is 6.54 Å². The Hall–Kier alpha value is -1.09. The predicted octanol–water partition coefficient (Wildman–Crippen LogP) is 3.01. The Kier molecular flexibility index (Phi) is 6.63. The highest BCUT2D eigenvalue weighted by molar-refractivity contribution is 5.15. The van der Waals surface area contributed by atoms with Crippen LogP contribution in [0.25, 0.3) is 0 Å². The SMILES string of the molecule is CCCCOc1cccc(CNCC(C)C)n1. The van der Waals surface area contributed by atoms with Gasteiger partial charge in [-0.1, -0.05) is 33.3 Å². The van der Waals surface area contributed by atoms with Gasteiger partial charge in [0.05, 0.1) is 12.3 Å². The molecule has 1 aromatic heterocycles. The molecule has 0 unspecified atom stereocenters. The molecule has 1 rings (SSSR count). The Bertz CT molecular complexity index is 313. The number of nitrogens with one attached hydrogen (secondary N) is 1. The first-order valence-electron chi connectivity index (χ1n) is 6.51.